The molecular formula is C22H21ClFN5O3. The second kappa shape index (κ2) is 8.58. The number of anilines is 1. The van der Waals surface area contributed by atoms with Gasteiger partial charge in [0.2, 0.25) is 5.91 Å². The molecular weight excluding hydrogens is 437 g/mol. The number of aliphatic imine (C=N–C) groups is 1. The monoisotopic (exact) mass is 457 g/mol. The number of benzene rings is 2. The fraction of sp³-hybridized carbons (Fsp3) is 0.273. The summed E-state index contributed by atoms with van der Waals surface area (Å²) < 4.78 is 13.2. The molecule has 1 saturated carbocycles. The van der Waals surface area contributed by atoms with Crippen molar-refractivity contribution in [1.29, 1.82) is 0 Å². The number of rotatable bonds is 7. The van der Waals surface area contributed by atoms with Crippen LogP contribution in [0.5, 0.6) is 0 Å². The van der Waals surface area contributed by atoms with E-state index in [-0.39, 0.29) is 16.5 Å². The Morgan fingerprint density at radius 2 is 1.91 bits per heavy atom. The van der Waals surface area contributed by atoms with E-state index in [2.05, 4.69) is 20.9 Å². The first kappa shape index (κ1) is 21.8. The van der Waals surface area contributed by atoms with Crippen LogP contribution in [-0.2, 0) is 15.1 Å². The molecule has 0 aromatic heterocycles. The summed E-state index contributed by atoms with van der Waals surface area (Å²) in [5, 5.41) is 8.33. The predicted octanol–water partition coefficient (Wildman–Crippen LogP) is 1.94. The minimum atomic E-state index is -1.55. The first-order valence-electron chi connectivity index (χ1n) is 10.0. The van der Waals surface area contributed by atoms with Gasteiger partial charge in [0.05, 0.1) is 16.9 Å². The number of carbonyl (C=O) groups is 3. The van der Waals surface area contributed by atoms with E-state index >= 15 is 0 Å². The highest BCUT2D eigenvalue weighted by molar-refractivity contribution is 6.34. The normalized spacial score (nSPS) is 21.6. The van der Waals surface area contributed by atoms with Crippen LogP contribution in [0.3, 0.4) is 0 Å². The van der Waals surface area contributed by atoms with Crippen LogP contribution in [0.2, 0.25) is 5.02 Å². The van der Waals surface area contributed by atoms with Crippen molar-refractivity contribution >= 4 is 41.3 Å². The molecule has 2 aromatic carbocycles. The Balaban J connectivity index is 1.53. The number of carbonyl (C=O) groups excluding carboxylic acids is 3. The van der Waals surface area contributed by atoms with Crippen LogP contribution >= 0.6 is 11.6 Å². The van der Waals surface area contributed by atoms with Crippen LogP contribution in [0.4, 0.5) is 10.1 Å². The van der Waals surface area contributed by atoms with Crippen LogP contribution < -0.4 is 21.7 Å². The zero-order chi connectivity index (χ0) is 22.9. The molecule has 0 spiro atoms. The molecule has 2 aromatic rings. The Morgan fingerprint density at radius 3 is 2.53 bits per heavy atom. The van der Waals surface area contributed by atoms with E-state index in [9.17, 15) is 18.8 Å². The summed E-state index contributed by atoms with van der Waals surface area (Å²) in [5.74, 6) is -1.74. The maximum atomic E-state index is 13.2. The number of hydrogen-bond acceptors (Lipinski definition) is 5. The van der Waals surface area contributed by atoms with Crippen LogP contribution in [0.15, 0.2) is 47.5 Å². The first-order valence-corrected chi connectivity index (χ1v) is 10.4. The van der Waals surface area contributed by atoms with Gasteiger partial charge in [0.1, 0.15) is 5.82 Å². The molecule has 4 rings (SSSR count). The third-order valence-corrected chi connectivity index (χ3v) is 5.91. The summed E-state index contributed by atoms with van der Waals surface area (Å²) in [5.41, 5.74) is 5.11. The van der Waals surface area contributed by atoms with Gasteiger partial charge in [0, 0.05) is 12.2 Å². The van der Waals surface area contributed by atoms with Crippen molar-refractivity contribution < 1.29 is 18.8 Å². The van der Waals surface area contributed by atoms with Crippen LogP contribution in [0.1, 0.15) is 28.8 Å². The predicted molar refractivity (Wildman–Crippen MR) is 118 cm³/mol. The smallest absolute Gasteiger partial charge is 0.257 e. The van der Waals surface area contributed by atoms with Crippen LogP contribution in [-0.4, -0.2) is 36.6 Å². The third kappa shape index (κ3) is 4.16. The van der Waals surface area contributed by atoms with Crippen molar-refractivity contribution in [2.75, 3.05) is 11.9 Å². The number of halogens is 2. The van der Waals surface area contributed by atoms with Gasteiger partial charge in [-0.3, -0.25) is 19.4 Å². The van der Waals surface area contributed by atoms with Crippen LogP contribution in [0, 0.1) is 11.7 Å². The van der Waals surface area contributed by atoms with Crippen molar-refractivity contribution in [3.05, 3.63) is 64.4 Å². The Kier molecular flexibility index (Phi) is 5.84. The molecule has 2 unspecified atom stereocenters. The molecule has 1 heterocycles. The molecule has 0 saturated heterocycles. The average Bonchev–Trinajstić information content (AvgIpc) is 3.47. The second-order valence-corrected chi connectivity index (χ2v) is 8.25. The summed E-state index contributed by atoms with van der Waals surface area (Å²) in [7, 11) is 0. The summed E-state index contributed by atoms with van der Waals surface area (Å²) >= 11 is 5.94. The van der Waals surface area contributed by atoms with Gasteiger partial charge in [0.25, 0.3) is 11.8 Å². The molecule has 3 amide bonds. The molecule has 1 aliphatic heterocycles. The Morgan fingerprint density at radius 1 is 1.19 bits per heavy atom. The first-order chi connectivity index (χ1) is 15.3. The molecule has 8 nitrogen and oxygen atoms in total. The number of nitrogens with zero attached hydrogens (tertiary/aromatic N) is 1. The van der Waals surface area contributed by atoms with E-state index in [0.717, 1.165) is 25.0 Å². The van der Waals surface area contributed by atoms with Gasteiger partial charge in [0.15, 0.2) is 11.6 Å². The number of nitrogens with one attached hydrogen (secondary N) is 3. The van der Waals surface area contributed by atoms with E-state index in [0.29, 0.717) is 23.7 Å². The molecule has 10 heteroatoms. The van der Waals surface area contributed by atoms with Crippen molar-refractivity contribution in [3.8, 4) is 0 Å². The molecule has 32 heavy (non-hydrogen) atoms. The molecule has 2 atom stereocenters. The van der Waals surface area contributed by atoms with Gasteiger partial charge in [-0.05, 0) is 54.7 Å². The molecule has 1 fully saturated rings. The lowest BCUT2D eigenvalue weighted by Crippen LogP contribution is -2.60. The zero-order valence-corrected chi connectivity index (χ0v) is 17.7. The van der Waals surface area contributed by atoms with Crippen molar-refractivity contribution in [1.82, 2.24) is 10.6 Å². The molecule has 166 valence electrons. The number of nitrogens with two attached hydrogens (primary N) is 1. The van der Waals surface area contributed by atoms with E-state index in [1.807, 2.05) is 0 Å². The Labute approximate surface area is 188 Å². The molecule has 1 aliphatic carbocycles. The number of amides is 3. The fourth-order valence-corrected chi connectivity index (χ4v) is 3.86. The molecule has 2 aliphatic rings. The summed E-state index contributed by atoms with van der Waals surface area (Å²) in [6.07, 6.45) is 3.45. The fourth-order valence-electron chi connectivity index (χ4n) is 3.61. The van der Waals surface area contributed by atoms with Gasteiger partial charge in [-0.25, -0.2) is 4.39 Å². The van der Waals surface area contributed by atoms with Gasteiger partial charge in [-0.2, -0.15) is 0 Å². The maximum Gasteiger partial charge on any atom is 0.257 e. The summed E-state index contributed by atoms with van der Waals surface area (Å²) in [6, 6.07) is 8.70. The third-order valence-electron chi connectivity index (χ3n) is 5.60. The van der Waals surface area contributed by atoms with E-state index in [1.54, 1.807) is 24.3 Å². The molecule has 0 radical (unpaired) electrons. The maximum absolute atomic E-state index is 13.2. The van der Waals surface area contributed by atoms with Gasteiger partial charge in [-0.1, -0.05) is 23.7 Å². The Bertz CT molecular complexity index is 1100. The quantitative estimate of drug-likeness (QED) is 0.507. The zero-order valence-electron chi connectivity index (χ0n) is 16.9. The van der Waals surface area contributed by atoms with Crippen LogP contribution in [0.25, 0.3) is 0 Å². The number of hydrogen-bond donors (Lipinski definition) is 4. The van der Waals surface area contributed by atoms with E-state index < -0.39 is 29.2 Å². The SMILES string of the molecule is NC(=O)C1(c2ccc(NC(=O)c3ccc(F)cc3Cl)cc2)NC=NC1C(=O)NCC1CC1. The van der Waals surface area contributed by atoms with Crippen molar-refractivity contribution in [2.24, 2.45) is 16.6 Å². The second-order valence-electron chi connectivity index (χ2n) is 7.84. The standard InChI is InChI=1S/C22H21ClFN5O3/c23-17-9-14(24)5-8-16(17)19(30)29-15-6-3-13(4-7-15)22(21(25)32)18(27-11-28-22)20(31)26-10-12-1-2-12/h3-9,11-12,18H,1-2,10H2,(H2,25,32)(H,26,31)(H,27,28)(H,29,30). The van der Waals surface area contributed by atoms with Crippen molar-refractivity contribution in [2.45, 2.75) is 24.4 Å². The van der Waals surface area contributed by atoms with E-state index in [4.69, 9.17) is 17.3 Å². The largest absolute Gasteiger partial charge is 0.367 e. The van der Waals surface area contributed by atoms with Gasteiger partial charge in [-0.15, -0.1) is 0 Å². The number of primary amides is 1. The molecule has 0 bridgehead atoms. The summed E-state index contributed by atoms with van der Waals surface area (Å²) in [6.45, 7) is 0.538. The summed E-state index contributed by atoms with van der Waals surface area (Å²) in [4.78, 5) is 41.8. The lowest BCUT2D eigenvalue weighted by atomic mass is 9.82. The highest BCUT2D eigenvalue weighted by Gasteiger charge is 2.52. The van der Waals surface area contributed by atoms with Crippen molar-refractivity contribution in [3.63, 3.8) is 0 Å². The highest BCUT2D eigenvalue weighted by atomic mass is 35.5. The minimum Gasteiger partial charge on any atom is -0.367 e. The van der Waals surface area contributed by atoms with Gasteiger partial charge >= 0.3 is 0 Å². The lowest BCUT2D eigenvalue weighted by molar-refractivity contribution is -0.131. The van der Waals surface area contributed by atoms with E-state index in [1.165, 1.54) is 12.4 Å². The highest BCUT2D eigenvalue weighted by Crippen LogP contribution is 2.32. The topological polar surface area (TPSA) is 126 Å². The average molecular weight is 458 g/mol. The minimum absolute atomic E-state index is 0.0147. The van der Waals surface area contributed by atoms with Gasteiger partial charge < -0.3 is 21.7 Å². The Hall–Kier alpha value is -3.46. The molecule has 5 N–H and O–H groups in total. The lowest BCUT2D eigenvalue weighted by Gasteiger charge is -2.31.